The van der Waals surface area contributed by atoms with Crippen LogP contribution in [0.5, 0.6) is 0 Å². The molecule has 0 aliphatic rings. The Morgan fingerprint density at radius 1 is 1.21 bits per heavy atom. The summed E-state index contributed by atoms with van der Waals surface area (Å²) < 4.78 is 54.2. The molecule has 1 amide bonds. The molecule has 0 saturated carbocycles. The fourth-order valence-electron chi connectivity index (χ4n) is 1.76. The van der Waals surface area contributed by atoms with E-state index in [0.29, 0.717) is 12.5 Å². The van der Waals surface area contributed by atoms with Gasteiger partial charge in [0.05, 0.1) is 5.69 Å². The molecule has 0 aliphatic carbocycles. The van der Waals surface area contributed by atoms with E-state index >= 15 is 0 Å². The number of anilines is 1. The standard InChI is InChI=1S/C14H21F2N3O3S.ClH/c1-14(2,3)19-23(21,22)12-8-11(9(15)7-10(12)16)18-13(20)5-4-6-17;/h7-8,19H,4-6,17H2,1-3H3,(H,18,20);1H. The lowest BCUT2D eigenvalue weighted by molar-refractivity contribution is -0.116. The molecule has 10 heteroatoms. The van der Waals surface area contributed by atoms with Crippen LogP contribution in [0.25, 0.3) is 0 Å². The van der Waals surface area contributed by atoms with Crippen molar-refractivity contribution < 1.29 is 22.0 Å². The summed E-state index contributed by atoms with van der Waals surface area (Å²) >= 11 is 0. The van der Waals surface area contributed by atoms with Gasteiger partial charge in [-0.3, -0.25) is 4.79 Å². The summed E-state index contributed by atoms with van der Waals surface area (Å²) in [5.41, 5.74) is 4.03. The van der Waals surface area contributed by atoms with Gasteiger partial charge in [-0.15, -0.1) is 12.4 Å². The van der Waals surface area contributed by atoms with Crippen molar-refractivity contribution >= 4 is 34.0 Å². The average molecular weight is 386 g/mol. The van der Waals surface area contributed by atoms with E-state index in [1.807, 2.05) is 0 Å². The molecule has 0 unspecified atom stereocenters. The summed E-state index contributed by atoms with van der Waals surface area (Å²) in [6.07, 6.45) is 0.445. The maximum Gasteiger partial charge on any atom is 0.244 e. The lowest BCUT2D eigenvalue weighted by atomic mass is 10.1. The van der Waals surface area contributed by atoms with E-state index in [1.165, 1.54) is 0 Å². The number of amides is 1. The van der Waals surface area contributed by atoms with Gasteiger partial charge >= 0.3 is 0 Å². The Morgan fingerprint density at radius 2 is 1.79 bits per heavy atom. The van der Waals surface area contributed by atoms with Crippen molar-refractivity contribution in [1.29, 1.82) is 0 Å². The van der Waals surface area contributed by atoms with Gasteiger partial charge in [0.15, 0.2) is 0 Å². The first-order valence-electron chi connectivity index (χ1n) is 6.99. The first-order chi connectivity index (χ1) is 10.5. The summed E-state index contributed by atoms with van der Waals surface area (Å²) in [5.74, 6) is -2.83. The van der Waals surface area contributed by atoms with Gasteiger partial charge in [0, 0.05) is 18.0 Å². The van der Waals surface area contributed by atoms with Gasteiger partial charge in [0.2, 0.25) is 15.9 Å². The maximum atomic E-state index is 13.9. The number of benzene rings is 1. The van der Waals surface area contributed by atoms with E-state index in [0.717, 1.165) is 6.07 Å². The van der Waals surface area contributed by atoms with Crippen molar-refractivity contribution in [1.82, 2.24) is 4.72 Å². The summed E-state index contributed by atoms with van der Waals surface area (Å²) in [7, 11) is -4.20. The molecule has 1 aromatic carbocycles. The highest BCUT2D eigenvalue weighted by Crippen LogP contribution is 2.24. The smallest absolute Gasteiger partial charge is 0.244 e. The van der Waals surface area contributed by atoms with Crippen molar-refractivity contribution in [3.8, 4) is 0 Å². The largest absolute Gasteiger partial charge is 0.330 e. The number of nitrogens with two attached hydrogens (primary N) is 1. The first-order valence-corrected chi connectivity index (χ1v) is 8.47. The van der Waals surface area contributed by atoms with Gasteiger partial charge in [0.25, 0.3) is 0 Å². The predicted octanol–water partition coefficient (Wildman–Crippen LogP) is 2.14. The molecule has 0 radical (unpaired) electrons. The molecule has 0 saturated heterocycles. The highest BCUT2D eigenvalue weighted by molar-refractivity contribution is 7.89. The summed E-state index contributed by atoms with van der Waals surface area (Å²) in [4.78, 5) is 10.9. The molecule has 0 spiro atoms. The van der Waals surface area contributed by atoms with Crippen molar-refractivity contribution in [3.05, 3.63) is 23.8 Å². The SMILES string of the molecule is CC(C)(C)NS(=O)(=O)c1cc(NC(=O)CCCN)c(F)cc1F.Cl. The molecule has 0 aromatic heterocycles. The van der Waals surface area contributed by atoms with Crippen LogP contribution in [-0.4, -0.2) is 26.4 Å². The van der Waals surface area contributed by atoms with Gasteiger partial charge in [-0.1, -0.05) is 0 Å². The van der Waals surface area contributed by atoms with Gasteiger partial charge in [-0.05, 0) is 39.8 Å². The quantitative estimate of drug-likeness (QED) is 0.698. The zero-order valence-corrected chi connectivity index (χ0v) is 15.3. The Hall–Kier alpha value is -1.29. The lowest BCUT2D eigenvalue weighted by Crippen LogP contribution is -2.40. The Bertz CT molecular complexity index is 691. The maximum absolute atomic E-state index is 13.9. The van der Waals surface area contributed by atoms with Crippen molar-refractivity contribution in [2.45, 2.75) is 44.0 Å². The zero-order chi connectivity index (χ0) is 17.8. The number of hydrogen-bond acceptors (Lipinski definition) is 4. The molecule has 0 bridgehead atoms. The highest BCUT2D eigenvalue weighted by Gasteiger charge is 2.26. The van der Waals surface area contributed by atoms with Crippen LogP contribution in [0.4, 0.5) is 14.5 Å². The molecule has 1 aromatic rings. The minimum atomic E-state index is -4.20. The number of nitrogens with one attached hydrogen (secondary N) is 2. The van der Waals surface area contributed by atoms with E-state index in [-0.39, 0.29) is 25.4 Å². The van der Waals surface area contributed by atoms with E-state index in [4.69, 9.17) is 5.73 Å². The number of sulfonamides is 1. The van der Waals surface area contributed by atoms with E-state index < -0.39 is 43.7 Å². The van der Waals surface area contributed by atoms with Crippen molar-refractivity contribution in [2.24, 2.45) is 5.73 Å². The molecule has 0 aliphatic heterocycles. The molecular weight excluding hydrogens is 364 g/mol. The Morgan fingerprint density at radius 3 is 2.29 bits per heavy atom. The summed E-state index contributed by atoms with van der Waals surface area (Å²) in [6, 6.07) is 1.19. The summed E-state index contributed by atoms with van der Waals surface area (Å²) in [6.45, 7) is 5.04. The van der Waals surface area contributed by atoms with Crippen LogP contribution in [0.2, 0.25) is 0 Å². The van der Waals surface area contributed by atoms with Crippen LogP contribution < -0.4 is 15.8 Å². The Balaban J connectivity index is 0.00000529. The molecule has 6 nitrogen and oxygen atoms in total. The minimum absolute atomic E-state index is 0. The molecule has 1 rings (SSSR count). The fourth-order valence-corrected chi connectivity index (χ4v) is 3.27. The molecule has 0 fully saturated rings. The van der Waals surface area contributed by atoms with Gasteiger partial charge in [-0.2, -0.15) is 0 Å². The summed E-state index contributed by atoms with van der Waals surface area (Å²) in [5, 5.41) is 2.22. The van der Waals surface area contributed by atoms with Crippen LogP contribution in [0, 0.1) is 11.6 Å². The number of rotatable bonds is 6. The van der Waals surface area contributed by atoms with E-state index in [2.05, 4.69) is 10.0 Å². The van der Waals surface area contributed by atoms with Crippen LogP contribution in [0.3, 0.4) is 0 Å². The lowest BCUT2D eigenvalue weighted by Gasteiger charge is -2.21. The van der Waals surface area contributed by atoms with E-state index in [9.17, 15) is 22.0 Å². The third-order valence-electron chi connectivity index (χ3n) is 2.63. The molecule has 24 heavy (non-hydrogen) atoms. The molecule has 4 N–H and O–H groups in total. The monoisotopic (exact) mass is 385 g/mol. The third kappa shape index (κ3) is 6.68. The molecular formula is C14H22ClF2N3O3S. The number of carbonyl (C=O) groups is 1. The Labute approximate surface area is 146 Å². The van der Waals surface area contributed by atoms with Gasteiger partial charge in [0.1, 0.15) is 16.5 Å². The fraction of sp³-hybridized carbons (Fsp3) is 0.500. The van der Waals surface area contributed by atoms with E-state index in [1.54, 1.807) is 20.8 Å². The van der Waals surface area contributed by atoms with Crippen LogP contribution in [0.15, 0.2) is 17.0 Å². The van der Waals surface area contributed by atoms with Gasteiger partial charge < -0.3 is 11.1 Å². The van der Waals surface area contributed by atoms with Crippen LogP contribution >= 0.6 is 12.4 Å². The number of carbonyl (C=O) groups excluding carboxylic acids is 1. The second-order valence-corrected chi connectivity index (χ2v) is 7.71. The topological polar surface area (TPSA) is 101 Å². The number of hydrogen-bond donors (Lipinski definition) is 3. The van der Waals surface area contributed by atoms with Crippen molar-refractivity contribution in [3.63, 3.8) is 0 Å². The second-order valence-electron chi connectivity index (χ2n) is 6.06. The predicted molar refractivity (Wildman–Crippen MR) is 90.6 cm³/mol. The molecule has 138 valence electrons. The zero-order valence-electron chi connectivity index (χ0n) is 13.7. The van der Waals surface area contributed by atoms with Crippen LogP contribution in [0.1, 0.15) is 33.6 Å². The Kier molecular flexibility index (Phi) is 8.24. The molecule has 0 heterocycles. The minimum Gasteiger partial charge on any atom is -0.330 e. The number of halogens is 3. The third-order valence-corrected chi connectivity index (χ3v) is 4.41. The second kappa shape index (κ2) is 8.70. The van der Waals surface area contributed by atoms with Crippen LogP contribution in [-0.2, 0) is 14.8 Å². The normalized spacial score (nSPS) is 11.8. The highest BCUT2D eigenvalue weighted by atomic mass is 35.5. The molecule has 0 atom stereocenters. The first kappa shape index (κ1) is 22.7. The van der Waals surface area contributed by atoms with Crippen molar-refractivity contribution in [2.75, 3.05) is 11.9 Å². The van der Waals surface area contributed by atoms with Gasteiger partial charge in [-0.25, -0.2) is 21.9 Å². The average Bonchev–Trinajstić information content (AvgIpc) is 2.36.